The average Bonchev–Trinajstić information content (AvgIpc) is 3.10. The Bertz CT molecular complexity index is 725. The Hall–Kier alpha value is -2.15. The first-order valence-electron chi connectivity index (χ1n) is 8.16. The monoisotopic (exact) mass is 315 g/mol. The lowest BCUT2D eigenvalue weighted by Gasteiger charge is -2.35. The van der Waals surface area contributed by atoms with Crippen molar-refractivity contribution in [2.45, 2.75) is 57.2 Å². The number of hydrogen-bond donors (Lipinski definition) is 3. The lowest BCUT2D eigenvalue weighted by atomic mass is 9.79. The molecule has 2 saturated carbocycles. The number of aliphatic hydroxyl groups excluding tert-OH is 1. The first-order valence-corrected chi connectivity index (χ1v) is 8.16. The summed E-state index contributed by atoms with van der Waals surface area (Å²) < 4.78 is 2.11. The number of hydrogen-bond acceptors (Lipinski definition) is 4. The van der Waals surface area contributed by atoms with Crippen molar-refractivity contribution >= 4 is 5.91 Å². The van der Waals surface area contributed by atoms with Gasteiger partial charge in [0.2, 0.25) is 0 Å². The topological polar surface area (TPSA) is 95.8 Å². The van der Waals surface area contributed by atoms with Crippen molar-refractivity contribution in [2.24, 2.45) is 0 Å². The lowest BCUT2D eigenvalue weighted by Crippen LogP contribution is -2.44. The van der Waals surface area contributed by atoms with Gasteiger partial charge in [-0.15, -0.1) is 10.2 Å². The van der Waals surface area contributed by atoms with Crippen LogP contribution in [0.3, 0.4) is 0 Å². The van der Waals surface area contributed by atoms with Crippen molar-refractivity contribution in [3.8, 4) is 0 Å². The molecule has 2 aromatic rings. The molecular formula is C16H21N5O2. The molecule has 4 rings (SSSR count). The van der Waals surface area contributed by atoms with Crippen LogP contribution < -0.4 is 5.32 Å². The maximum absolute atomic E-state index is 12.2. The van der Waals surface area contributed by atoms with E-state index in [4.69, 9.17) is 0 Å². The molecule has 0 saturated heterocycles. The fourth-order valence-electron chi connectivity index (χ4n) is 3.36. The minimum atomic E-state index is -0.0663. The molecule has 122 valence electrons. The van der Waals surface area contributed by atoms with Crippen molar-refractivity contribution in [3.63, 3.8) is 0 Å². The van der Waals surface area contributed by atoms with Gasteiger partial charge < -0.3 is 20.0 Å². The largest absolute Gasteiger partial charge is 0.388 e. The Morgan fingerprint density at radius 3 is 2.83 bits per heavy atom. The van der Waals surface area contributed by atoms with E-state index in [0.29, 0.717) is 23.3 Å². The zero-order valence-corrected chi connectivity index (χ0v) is 13.1. The highest BCUT2D eigenvalue weighted by atomic mass is 16.3. The zero-order chi connectivity index (χ0) is 16.0. The fourth-order valence-corrected chi connectivity index (χ4v) is 3.36. The smallest absolute Gasteiger partial charge is 0.253 e. The minimum Gasteiger partial charge on any atom is -0.388 e. The fraction of sp³-hybridized carbons (Fsp3) is 0.562. The second-order valence-electron chi connectivity index (χ2n) is 6.59. The first kappa shape index (κ1) is 14.4. The Labute approximate surface area is 134 Å². The standard InChI is InChI=1S/C16H21N5O2/c1-9-13(4-5-17-9)16(23)18-11-6-10(7-11)15-20-19-14(8-22)21(15)12-2-3-12/h4-5,10-12,17,22H,2-3,6-8H2,1H3,(H,18,23). The van der Waals surface area contributed by atoms with Gasteiger partial charge >= 0.3 is 0 Å². The number of rotatable bonds is 5. The van der Waals surface area contributed by atoms with Crippen LogP contribution in [0.25, 0.3) is 0 Å². The molecule has 0 unspecified atom stereocenters. The molecule has 2 aliphatic rings. The van der Waals surface area contributed by atoms with Crippen molar-refractivity contribution in [1.29, 1.82) is 0 Å². The van der Waals surface area contributed by atoms with Crippen LogP contribution in [0.15, 0.2) is 12.3 Å². The maximum atomic E-state index is 12.2. The number of H-pyrrole nitrogens is 1. The number of nitrogens with one attached hydrogen (secondary N) is 2. The number of nitrogens with zero attached hydrogens (tertiary/aromatic N) is 3. The molecule has 0 atom stereocenters. The molecule has 0 radical (unpaired) electrons. The van der Waals surface area contributed by atoms with E-state index in [0.717, 1.165) is 37.2 Å². The highest BCUT2D eigenvalue weighted by Crippen LogP contribution is 2.42. The van der Waals surface area contributed by atoms with Crippen molar-refractivity contribution in [2.75, 3.05) is 0 Å². The summed E-state index contributed by atoms with van der Waals surface area (Å²) in [5.41, 5.74) is 1.59. The summed E-state index contributed by atoms with van der Waals surface area (Å²) in [6.45, 7) is 1.83. The molecule has 2 aromatic heterocycles. The van der Waals surface area contributed by atoms with E-state index in [1.807, 2.05) is 6.92 Å². The minimum absolute atomic E-state index is 0.0214. The van der Waals surface area contributed by atoms with Gasteiger partial charge in [0.25, 0.3) is 5.91 Å². The Morgan fingerprint density at radius 2 is 2.22 bits per heavy atom. The Kier molecular flexibility index (Phi) is 3.45. The van der Waals surface area contributed by atoms with Gasteiger partial charge in [0.15, 0.2) is 5.82 Å². The van der Waals surface area contributed by atoms with E-state index in [1.165, 1.54) is 0 Å². The van der Waals surface area contributed by atoms with Gasteiger partial charge in [-0.2, -0.15) is 0 Å². The summed E-state index contributed by atoms with van der Waals surface area (Å²) in [4.78, 5) is 15.2. The molecule has 0 spiro atoms. The molecule has 7 nitrogen and oxygen atoms in total. The van der Waals surface area contributed by atoms with Crippen LogP contribution in [0, 0.1) is 6.92 Å². The summed E-state index contributed by atoms with van der Waals surface area (Å²) in [5.74, 6) is 1.94. The van der Waals surface area contributed by atoms with E-state index < -0.39 is 0 Å². The predicted octanol–water partition coefficient (Wildman–Crippen LogP) is 1.42. The van der Waals surface area contributed by atoms with Gasteiger partial charge in [-0.25, -0.2) is 0 Å². The molecule has 2 heterocycles. The molecule has 0 aliphatic heterocycles. The lowest BCUT2D eigenvalue weighted by molar-refractivity contribution is 0.0906. The predicted molar refractivity (Wildman–Crippen MR) is 83.0 cm³/mol. The molecule has 2 fully saturated rings. The second-order valence-corrected chi connectivity index (χ2v) is 6.59. The van der Waals surface area contributed by atoms with Gasteiger partial charge in [0.1, 0.15) is 12.4 Å². The van der Waals surface area contributed by atoms with Crippen molar-refractivity contribution in [3.05, 3.63) is 35.2 Å². The third-order valence-corrected chi connectivity index (χ3v) is 4.88. The first-order chi connectivity index (χ1) is 11.2. The van der Waals surface area contributed by atoms with E-state index in [-0.39, 0.29) is 18.6 Å². The maximum Gasteiger partial charge on any atom is 0.253 e. The molecule has 23 heavy (non-hydrogen) atoms. The van der Waals surface area contributed by atoms with E-state index in [2.05, 4.69) is 25.1 Å². The van der Waals surface area contributed by atoms with Gasteiger partial charge in [-0.05, 0) is 38.7 Å². The number of aliphatic hydroxyl groups is 1. The Morgan fingerprint density at radius 1 is 1.43 bits per heavy atom. The summed E-state index contributed by atoms with van der Waals surface area (Å²) in [5, 5.41) is 20.9. The molecule has 0 aromatic carbocycles. The summed E-state index contributed by atoms with van der Waals surface area (Å²) in [6, 6.07) is 2.44. The molecule has 1 amide bonds. The normalized spacial score (nSPS) is 23.6. The van der Waals surface area contributed by atoms with E-state index in [1.54, 1.807) is 12.3 Å². The number of carbonyl (C=O) groups excluding carboxylic acids is 1. The highest BCUT2D eigenvalue weighted by molar-refractivity contribution is 5.95. The van der Waals surface area contributed by atoms with E-state index >= 15 is 0 Å². The molecule has 3 N–H and O–H groups in total. The van der Waals surface area contributed by atoms with Crippen molar-refractivity contribution in [1.82, 2.24) is 25.1 Å². The third kappa shape index (κ3) is 2.55. The van der Waals surface area contributed by atoms with Crippen LogP contribution in [0.5, 0.6) is 0 Å². The molecule has 0 bridgehead atoms. The highest BCUT2D eigenvalue weighted by Gasteiger charge is 2.38. The van der Waals surface area contributed by atoms with Crippen LogP contribution in [0.1, 0.15) is 65.3 Å². The number of aromatic nitrogens is 4. The molecule has 2 aliphatic carbocycles. The van der Waals surface area contributed by atoms with Gasteiger partial charge in [-0.1, -0.05) is 0 Å². The van der Waals surface area contributed by atoms with E-state index in [9.17, 15) is 9.90 Å². The van der Waals surface area contributed by atoms with Crippen molar-refractivity contribution < 1.29 is 9.90 Å². The third-order valence-electron chi connectivity index (χ3n) is 4.88. The number of aromatic amines is 1. The van der Waals surface area contributed by atoms with Gasteiger partial charge in [0, 0.05) is 29.9 Å². The van der Waals surface area contributed by atoms with Gasteiger partial charge in [-0.3, -0.25) is 4.79 Å². The number of carbonyl (C=O) groups is 1. The van der Waals surface area contributed by atoms with Crippen LogP contribution in [0.4, 0.5) is 0 Å². The zero-order valence-electron chi connectivity index (χ0n) is 13.1. The number of aryl methyl sites for hydroxylation is 1. The van der Waals surface area contributed by atoms with Crippen LogP contribution in [-0.2, 0) is 6.61 Å². The summed E-state index contributed by atoms with van der Waals surface area (Å²) in [6.07, 6.45) is 5.81. The quantitative estimate of drug-likeness (QED) is 0.777. The van der Waals surface area contributed by atoms with Gasteiger partial charge in [0.05, 0.1) is 5.56 Å². The second kappa shape index (κ2) is 5.49. The molecular weight excluding hydrogens is 294 g/mol. The average molecular weight is 315 g/mol. The number of amides is 1. The Balaban J connectivity index is 1.39. The van der Waals surface area contributed by atoms with Crippen LogP contribution in [0.2, 0.25) is 0 Å². The summed E-state index contributed by atoms with van der Waals surface area (Å²) >= 11 is 0. The van der Waals surface area contributed by atoms with Crippen LogP contribution in [-0.4, -0.2) is 36.8 Å². The SMILES string of the molecule is Cc1[nH]ccc1C(=O)NC1CC(c2nnc(CO)n2C2CC2)C1. The summed E-state index contributed by atoms with van der Waals surface area (Å²) in [7, 11) is 0. The molecule has 7 heteroatoms. The van der Waals surface area contributed by atoms with Crippen LogP contribution >= 0.6 is 0 Å².